The fourth-order valence-electron chi connectivity index (χ4n) is 1.78. The molecule has 0 aromatic heterocycles. The van der Waals surface area contributed by atoms with Crippen LogP contribution in [0.3, 0.4) is 0 Å². The lowest BCUT2D eigenvalue weighted by Crippen LogP contribution is -2.13. The zero-order valence-electron chi connectivity index (χ0n) is 11.8. The van der Waals surface area contributed by atoms with Crippen molar-refractivity contribution in [3.63, 3.8) is 0 Å². The number of methoxy groups -OCH3 is 1. The predicted octanol–water partition coefficient (Wildman–Crippen LogP) is 3.89. The Morgan fingerprint density at radius 1 is 1.27 bits per heavy atom. The largest absolute Gasteiger partial charge is 0.497 e. The van der Waals surface area contributed by atoms with E-state index >= 15 is 0 Å². The molecule has 0 spiro atoms. The highest BCUT2D eigenvalue weighted by atomic mass is 35.5. The third-order valence-electron chi connectivity index (χ3n) is 2.87. The van der Waals surface area contributed by atoms with E-state index in [0.717, 1.165) is 0 Å². The van der Waals surface area contributed by atoms with E-state index in [2.05, 4.69) is 5.32 Å². The van der Waals surface area contributed by atoms with Crippen LogP contribution in [0.5, 0.6) is 5.75 Å². The summed E-state index contributed by atoms with van der Waals surface area (Å²) in [5.41, 5.74) is 1.27. The molecule has 22 heavy (non-hydrogen) atoms. The second-order valence-electron chi connectivity index (χ2n) is 4.41. The van der Waals surface area contributed by atoms with Crippen LogP contribution in [0.2, 0.25) is 5.02 Å². The predicted molar refractivity (Wildman–Crippen MR) is 86.7 cm³/mol. The zero-order chi connectivity index (χ0) is 15.9. The summed E-state index contributed by atoms with van der Waals surface area (Å²) in [5.74, 6) is 0.209. The molecule has 2 rings (SSSR count). The van der Waals surface area contributed by atoms with Crippen molar-refractivity contribution in [2.45, 2.75) is 0 Å². The van der Waals surface area contributed by atoms with Gasteiger partial charge in [-0.2, -0.15) is 5.26 Å². The lowest BCUT2D eigenvalue weighted by Gasteiger charge is -2.05. The molecule has 0 aliphatic carbocycles. The molecule has 110 valence electrons. The summed E-state index contributed by atoms with van der Waals surface area (Å²) in [5, 5.41) is 12.4. The number of rotatable bonds is 4. The van der Waals surface area contributed by atoms with Crippen molar-refractivity contribution in [3.8, 4) is 11.8 Å². The van der Waals surface area contributed by atoms with E-state index < -0.39 is 5.91 Å². The standard InChI is InChI=1S/C17H13ClN2O2/c1-22-16-7-5-15(6-8-16)20-17(21)13(11-19)9-12-3-2-4-14(18)10-12/h2-10H,1H3,(H,20,21)/b13-9-. The number of anilines is 1. The Labute approximate surface area is 133 Å². The van der Waals surface area contributed by atoms with E-state index in [1.807, 2.05) is 6.07 Å². The van der Waals surface area contributed by atoms with E-state index in [1.54, 1.807) is 55.6 Å². The van der Waals surface area contributed by atoms with Gasteiger partial charge in [-0.05, 0) is 48.0 Å². The summed E-state index contributed by atoms with van der Waals surface area (Å²) < 4.78 is 5.04. The number of halogens is 1. The first-order valence-electron chi connectivity index (χ1n) is 6.45. The number of carbonyl (C=O) groups excluding carboxylic acids is 1. The van der Waals surface area contributed by atoms with Crippen molar-refractivity contribution in [1.82, 2.24) is 0 Å². The molecule has 2 aromatic rings. The minimum atomic E-state index is -0.479. The van der Waals surface area contributed by atoms with Crippen molar-refractivity contribution >= 4 is 29.3 Å². The maximum atomic E-state index is 12.1. The van der Waals surface area contributed by atoms with Crippen LogP contribution in [0.4, 0.5) is 5.69 Å². The van der Waals surface area contributed by atoms with Crippen LogP contribution in [-0.2, 0) is 4.79 Å². The topological polar surface area (TPSA) is 62.1 Å². The van der Waals surface area contributed by atoms with Gasteiger partial charge in [0.25, 0.3) is 5.91 Å². The molecule has 0 aliphatic heterocycles. The normalized spacial score (nSPS) is 10.7. The molecule has 0 saturated carbocycles. The molecule has 0 radical (unpaired) electrons. The number of nitrogens with zero attached hydrogens (tertiary/aromatic N) is 1. The first-order chi connectivity index (χ1) is 10.6. The van der Waals surface area contributed by atoms with Gasteiger partial charge in [0.15, 0.2) is 0 Å². The number of ether oxygens (including phenoxy) is 1. The zero-order valence-corrected chi connectivity index (χ0v) is 12.6. The highest BCUT2D eigenvalue weighted by Gasteiger charge is 2.09. The van der Waals surface area contributed by atoms with E-state index in [4.69, 9.17) is 21.6 Å². The molecule has 0 atom stereocenters. The maximum absolute atomic E-state index is 12.1. The first kappa shape index (κ1) is 15.6. The van der Waals surface area contributed by atoms with Gasteiger partial charge in [-0.25, -0.2) is 0 Å². The van der Waals surface area contributed by atoms with Crippen LogP contribution in [0.1, 0.15) is 5.56 Å². The minimum absolute atomic E-state index is 0.00177. The fourth-order valence-corrected chi connectivity index (χ4v) is 1.98. The molecule has 0 aliphatic rings. The Morgan fingerprint density at radius 2 is 2.00 bits per heavy atom. The van der Waals surface area contributed by atoms with Gasteiger partial charge in [0, 0.05) is 10.7 Å². The Hall–Kier alpha value is -2.77. The molecule has 0 unspecified atom stereocenters. The lowest BCUT2D eigenvalue weighted by atomic mass is 10.1. The van der Waals surface area contributed by atoms with Gasteiger partial charge in [0.05, 0.1) is 7.11 Å². The molecule has 1 amide bonds. The van der Waals surface area contributed by atoms with Crippen LogP contribution >= 0.6 is 11.6 Å². The summed E-state index contributed by atoms with van der Waals surface area (Å²) >= 11 is 5.88. The molecule has 5 heteroatoms. The number of carbonyl (C=O) groups is 1. The highest BCUT2D eigenvalue weighted by molar-refractivity contribution is 6.30. The Morgan fingerprint density at radius 3 is 2.59 bits per heavy atom. The van der Waals surface area contributed by atoms with Crippen molar-refractivity contribution < 1.29 is 9.53 Å². The van der Waals surface area contributed by atoms with Gasteiger partial charge in [0.1, 0.15) is 17.4 Å². The van der Waals surface area contributed by atoms with Crippen LogP contribution in [0.15, 0.2) is 54.1 Å². The second kappa shape index (κ2) is 7.30. The SMILES string of the molecule is COc1ccc(NC(=O)/C(C#N)=C\c2cccc(Cl)c2)cc1. The van der Waals surface area contributed by atoms with E-state index in [-0.39, 0.29) is 5.57 Å². The number of amides is 1. The quantitative estimate of drug-likeness (QED) is 0.688. The van der Waals surface area contributed by atoms with E-state index in [0.29, 0.717) is 22.0 Å². The number of nitrogens with one attached hydrogen (secondary N) is 1. The highest BCUT2D eigenvalue weighted by Crippen LogP contribution is 2.17. The van der Waals surface area contributed by atoms with Crippen molar-refractivity contribution in [1.29, 1.82) is 5.26 Å². The molecular weight excluding hydrogens is 300 g/mol. The van der Waals surface area contributed by atoms with Gasteiger partial charge in [0.2, 0.25) is 0 Å². The summed E-state index contributed by atoms with van der Waals surface area (Å²) in [6.07, 6.45) is 1.49. The second-order valence-corrected chi connectivity index (χ2v) is 4.84. The van der Waals surface area contributed by atoms with Gasteiger partial charge >= 0.3 is 0 Å². The molecule has 0 bridgehead atoms. The molecule has 4 nitrogen and oxygen atoms in total. The number of nitriles is 1. The summed E-state index contributed by atoms with van der Waals surface area (Å²) in [4.78, 5) is 12.1. The van der Waals surface area contributed by atoms with Crippen LogP contribution < -0.4 is 10.1 Å². The molecule has 2 aromatic carbocycles. The smallest absolute Gasteiger partial charge is 0.266 e. The Kier molecular flexibility index (Phi) is 5.18. The number of hydrogen-bond acceptors (Lipinski definition) is 3. The third kappa shape index (κ3) is 4.11. The lowest BCUT2D eigenvalue weighted by molar-refractivity contribution is -0.112. The first-order valence-corrected chi connectivity index (χ1v) is 6.83. The van der Waals surface area contributed by atoms with Gasteiger partial charge in [-0.3, -0.25) is 4.79 Å². The average Bonchev–Trinajstić information content (AvgIpc) is 2.53. The third-order valence-corrected chi connectivity index (χ3v) is 3.11. The summed E-state index contributed by atoms with van der Waals surface area (Å²) in [6.45, 7) is 0. The van der Waals surface area contributed by atoms with Crippen molar-refractivity contribution in [2.24, 2.45) is 0 Å². The maximum Gasteiger partial charge on any atom is 0.266 e. The van der Waals surface area contributed by atoms with Crippen molar-refractivity contribution in [2.75, 3.05) is 12.4 Å². The van der Waals surface area contributed by atoms with Gasteiger partial charge < -0.3 is 10.1 Å². The van der Waals surface area contributed by atoms with Gasteiger partial charge in [-0.15, -0.1) is 0 Å². The number of hydrogen-bond donors (Lipinski definition) is 1. The molecule has 0 saturated heterocycles. The molecule has 1 N–H and O–H groups in total. The van der Waals surface area contributed by atoms with Crippen molar-refractivity contribution in [3.05, 3.63) is 64.7 Å². The van der Waals surface area contributed by atoms with Gasteiger partial charge in [-0.1, -0.05) is 23.7 Å². The van der Waals surface area contributed by atoms with E-state index in [1.165, 1.54) is 6.08 Å². The van der Waals surface area contributed by atoms with E-state index in [9.17, 15) is 4.79 Å². The molecule has 0 heterocycles. The number of benzene rings is 2. The summed E-state index contributed by atoms with van der Waals surface area (Å²) in [6, 6.07) is 15.7. The van der Waals surface area contributed by atoms with Crippen LogP contribution in [0.25, 0.3) is 6.08 Å². The fraction of sp³-hybridized carbons (Fsp3) is 0.0588. The molecule has 0 fully saturated rings. The molecular formula is C17H13ClN2O2. The van der Waals surface area contributed by atoms with Crippen LogP contribution in [0, 0.1) is 11.3 Å². The monoisotopic (exact) mass is 312 g/mol. The van der Waals surface area contributed by atoms with Crippen LogP contribution in [-0.4, -0.2) is 13.0 Å². The summed E-state index contributed by atoms with van der Waals surface area (Å²) in [7, 11) is 1.56. The Bertz CT molecular complexity index is 746. The average molecular weight is 313 g/mol. The minimum Gasteiger partial charge on any atom is -0.497 e. The Balaban J connectivity index is 2.16.